The van der Waals surface area contributed by atoms with Gasteiger partial charge in [0.2, 0.25) is 5.95 Å². The van der Waals surface area contributed by atoms with Gasteiger partial charge in [-0.2, -0.15) is 0 Å². The molecule has 28 heavy (non-hydrogen) atoms. The summed E-state index contributed by atoms with van der Waals surface area (Å²) in [6, 6.07) is 18.3. The van der Waals surface area contributed by atoms with Crippen molar-refractivity contribution < 1.29 is 4.39 Å². The molecule has 0 saturated heterocycles. The maximum absolute atomic E-state index is 13.3. The van der Waals surface area contributed by atoms with E-state index in [1.54, 1.807) is 30.7 Å². The van der Waals surface area contributed by atoms with Crippen LogP contribution in [0, 0.1) is 5.82 Å². The second kappa shape index (κ2) is 7.96. The molecule has 1 N–H and O–H groups in total. The lowest BCUT2D eigenvalue weighted by Gasteiger charge is -2.12. The molecule has 0 saturated carbocycles. The number of aryl methyl sites for hydroxylation is 1. The zero-order valence-corrected chi connectivity index (χ0v) is 15.4. The van der Waals surface area contributed by atoms with Crippen LogP contribution in [-0.4, -0.2) is 15.0 Å². The first-order chi connectivity index (χ1) is 13.7. The van der Waals surface area contributed by atoms with E-state index in [0.29, 0.717) is 5.95 Å². The zero-order valence-electron chi connectivity index (χ0n) is 15.4. The fraction of sp³-hybridized carbons (Fsp3) is 0.0870. The van der Waals surface area contributed by atoms with Crippen LogP contribution in [0.4, 0.5) is 16.0 Å². The minimum atomic E-state index is -0.274. The third-order valence-electron chi connectivity index (χ3n) is 4.52. The lowest BCUT2D eigenvalue weighted by molar-refractivity contribution is 0.628. The van der Waals surface area contributed by atoms with Crippen molar-refractivity contribution in [2.24, 2.45) is 0 Å². The highest BCUT2D eigenvalue weighted by Gasteiger charge is 2.12. The second-order valence-corrected chi connectivity index (χ2v) is 6.37. The van der Waals surface area contributed by atoms with Crippen molar-refractivity contribution in [3.05, 3.63) is 90.6 Å². The maximum atomic E-state index is 13.3. The van der Waals surface area contributed by atoms with E-state index in [2.05, 4.69) is 34.3 Å². The van der Waals surface area contributed by atoms with Crippen LogP contribution in [0.3, 0.4) is 0 Å². The third kappa shape index (κ3) is 3.88. The summed E-state index contributed by atoms with van der Waals surface area (Å²) in [6.07, 6.45) is 6.21. The molecule has 2 aromatic carbocycles. The third-order valence-corrected chi connectivity index (χ3v) is 4.52. The number of halogens is 1. The van der Waals surface area contributed by atoms with E-state index in [4.69, 9.17) is 4.98 Å². The number of hydrogen-bond donors (Lipinski definition) is 1. The molecule has 138 valence electrons. The summed E-state index contributed by atoms with van der Waals surface area (Å²) in [4.78, 5) is 13.3. The van der Waals surface area contributed by atoms with Gasteiger partial charge in [-0.1, -0.05) is 31.2 Å². The van der Waals surface area contributed by atoms with Gasteiger partial charge in [0.15, 0.2) is 0 Å². The van der Waals surface area contributed by atoms with Crippen molar-refractivity contribution in [3.8, 4) is 22.4 Å². The summed E-state index contributed by atoms with van der Waals surface area (Å²) in [5.74, 6) is 0.228. The van der Waals surface area contributed by atoms with Crippen LogP contribution < -0.4 is 5.32 Å². The topological polar surface area (TPSA) is 50.7 Å². The summed E-state index contributed by atoms with van der Waals surface area (Å²) in [5, 5.41) is 3.26. The van der Waals surface area contributed by atoms with E-state index in [9.17, 15) is 4.39 Å². The Hall–Kier alpha value is -3.60. The van der Waals surface area contributed by atoms with E-state index in [1.165, 1.54) is 17.7 Å². The summed E-state index contributed by atoms with van der Waals surface area (Å²) < 4.78 is 13.3. The maximum Gasteiger partial charge on any atom is 0.227 e. The molecule has 4 aromatic rings. The van der Waals surface area contributed by atoms with Crippen molar-refractivity contribution in [2.45, 2.75) is 13.3 Å². The van der Waals surface area contributed by atoms with E-state index < -0.39 is 0 Å². The molecule has 4 rings (SSSR count). The zero-order chi connectivity index (χ0) is 19.3. The summed E-state index contributed by atoms with van der Waals surface area (Å²) in [6.45, 7) is 2.13. The van der Waals surface area contributed by atoms with Gasteiger partial charge < -0.3 is 5.32 Å². The Morgan fingerprint density at radius 3 is 2.25 bits per heavy atom. The fourth-order valence-electron chi connectivity index (χ4n) is 2.97. The summed E-state index contributed by atoms with van der Waals surface area (Å²) >= 11 is 0. The van der Waals surface area contributed by atoms with Crippen molar-refractivity contribution >= 4 is 11.6 Å². The largest absolute Gasteiger partial charge is 0.324 e. The van der Waals surface area contributed by atoms with Crippen LogP contribution in [0.2, 0.25) is 0 Å². The number of benzene rings is 2. The standard InChI is InChI=1S/C23H19FN4/c1-2-16-3-9-20(10-4-16)27-23-26-15-21(17-5-7-19(24)8-6-17)22(28-23)18-11-13-25-14-12-18/h3-15H,2H2,1H3,(H,26,27,28). The number of rotatable bonds is 5. The molecule has 0 aliphatic carbocycles. The molecule has 0 bridgehead atoms. The van der Waals surface area contributed by atoms with Gasteiger partial charge in [0.05, 0.1) is 5.69 Å². The van der Waals surface area contributed by atoms with Gasteiger partial charge in [-0.15, -0.1) is 0 Å². The molecule has 0 unspecified atom stereocenters. The van der Waals surface area contributed by atoms with Crippen LogP contribution in [0.1, 0.15) is 12.5 Å². The first-order valence-electron chi connectivity index (χ1n) is 9.12. The molecular formula is C23H19FN4. The van der Waals surface area contributed by atoms with Crippen molar-refractivity contribution in [1.29, 1.82) is 0 Å². The minimum Gasteiger partial charge on any atom is -0.324 e. The number of nitrogens with one attached hydrogen (secondary N) is 1. The first kappa shape index (κ1) is 17.8. The summed E-state index contributed by atoms with van der Waals surface area (Å²) in [7, 11) is 0. The predicted molar refractivity (Wildman–Crippen MR) is 110 cm³/mol. The Kier molecular flexibility index (Phi) is 5.06. The van der Waals surface area contributed by atoms with Gasteiger partial charge in [-0.05, 0) is 53.9 Å². The Labute approximate surface area is 163 Å². The van der Waals surface area contributed by atoms with Gasteiger partial charge >= 0.3 is 0 Å². The Morgan fingerprint density at radius 1 is 0.857 bits per heavy atom. The van der Waals surface area contributed by atoms with Crippen LogP contribution in [0.15, 0.2) is 79.3 Å². The molecule has 0 atom stereocenters. The van der Waals surface area contributed by atoms with Crippen molar-refractivity contribution in [3.63, 3.8) is 0 Å². The molecular weight excluding hydrogens is 351 g/mol. The first-order valence-corrected chi connectivity index (χ1v) is 9.12. The fourth-order valence-corrected chi connectivity index (χ4v) is 2.97. The monoisotopic (exact) mass is 370 g/mol. The molecule has 0 radical (unpaired) electrons. The number of hydrogen-bond acceptors (Lipinski definition) is 4. The van der Waals surface area contributed by atoms with E-state index in [-0.39, 0.29) is 5.82 Å². The lowest BCUT2D eigenvalue weighted by Crippen LogP contribution is -2.00. The Bertz CT molecular complexity index is 1060. The SMILES string of the molecule is CCc1ccc(Nc2ncc(-c3ccc(F)cc3)c(-c3ccncc3)n2)cc1. The molecule has 0 fully saturated rings. The molecule has 5 heteroatoms. The minimum absolute atomic E-state index is 0.274. The second-order valence-electron chi connectivity index (χ2n) is 6.37. The molecule has 2 heterocycles. The highest BCUT2D eigenvalue weighted by atomic mass is 19.1. The normalized spacial score (nSPS) is 10.6. The van der Waals surface area contributed by atoms with Gasteiger partial charge in [-0.25, -0.2) is 14.4 Å². The van der Waals surface area contributed by atoms with Gasteiger partial charge in [-0.3, -0.25) is 4.98 Å². The number of nitrogens with zero attached hydrogens (tertiary/aromatic N) is 3. The number of anilines is 2. The number of aromatic nitrogens is 3. The van der Waals surface area contributed by atoms with Gasteiger partial charge in [0, 0.05) is 35.4 Å². The average molecular weight is 370 g/mol. The molecule has 2 aromatic heterocycles. The van der Waals surface area contributed by atoms with Crippen molar-refractivity contribution in [2.75, 3.05) is 5.32 Å². The highest BCUT2D eigenvalue weighted by Crippen LogP contribution is 2.31. The van der Waals surface area contributed by atoms with E-state index in [0.717, 1.165) is 34.5 Å². The molecule has 0 aliphatic rings. The highest BCUT2D eigenvalue weighted by molar-refractivity contribution is 5.81. The average Bonchev–Trinajstić information content (AvgIpc) is 2.76. The molecule has 0 spiro atoms. The van der Waals surface area contributed by atoms with Gasteiger partial charge in [0.1, 0.15) is 5.82 Å². The Morgan fingerprint density at radius 2 is 1.57 bits per heavy atom. The van der Waals surface area contributed by atoms with E-state index in [1.807, 2.05) is 24.3 Å². The van der Waals surface area contributed by atoms with Crippen LogP contribution >= 0.6 is 0 Å². The predicted octanol–water partition coefficient (Wildman–Crippen LogP) is 5.65. The van der Waals surface area contributed by atoms with Crippen LogP contribution in [0.25, 0.3) is 22.4 Å². The lowest BCUT2D eigenvalue weighted by atomic mass is 10.0. The smallest absolute Gasteiger partial charge is 0.227 e. The Balaban J connectivity index is 1.74. The quantitative estimate of drug-likeness (QED) is 0.493. The van der Waals surface area contributed by atoms with Crippen LogP contribution in [-0.2, 0) is 6.42 Å². The molecule has 0 aliphatic heterocycles. The van der Waals surface area contributed by atoms with Crippen molar-refractivity contribution in [1.82, 2.24) is 15.0 Å². The summed E-state index contributed by atoms with van der Waals surface area (Å²) in [5.41, 5.74) is 5.56. The van der Waals surface area contributed by atoms with Crippen LogP contribution in [0.5, 0.6) is 0 Å². The molecule has 4 nitrogen and oxygen atoms in total. The molecule has 0 amide bonds. The van der Waals surface area contributed by atoms with Gasteiger partial charge in [0.25, 0.3) is 0 Å². The number of pyridine rings is 1. The van der Waals surface area contributed by atoms with E-state index >= 15 is 0 Å².